The zero-order valence-corrected chi connectivity index (χ0v) is 83.3. The first-order valence-corrected chi connectivity index (χ1v) is 53.0. The lowest BCUT2D eigenvalue weighted by Gasteiger charge is -2.15. The summed E-state index contributed by atoms with van der Waals surface area (Å²) in [7, 11) is 0. The van der Waals surface area contributed by atoms with Gasteiger partial charge in [0.2, 0.25) is 17.8 Å². The van der Waals surface area contributed by atoms with E-state index >= 15 is 0 Å². The minimum Gasteiger partial charge on any atom is -0.397 e. The Morgan fingerprint density at radius 3 is 0.675 bits per heavy atom. The van der Waals surface area contributed by atoms with Gasteiger partial charge in [-0.2, -0.15) is 0 Å². The Morgan fingerprint density at radius 2 is 0.427 bits per heavy atom. The third-order valence-corrected chi connectivity index (χ3v) is 22.1. The van der Waals surface area contributed by atoms with Gasteiger partial charge in [0.05, 0.1) is 6.10 Å². The quantitative estimate of drug-likeness (QED) is 0.0206. The minimum atomic E-state index is -2.56. The predicted molar refractivity (Wildman–Crippen MR) is 514 cm³/mol. The Bertz CT molecular complexity index is 1580. The molecule has 0 aliphatic carbocycles. The fourth-order valence-corrected chi connectivity index (χ4v) is 14.0. The maximum atomic E-state index is 13.4. The Kier molecular flexibility index (Phi) is 145. The molecule has 0 saturated carbocycles. The Balaban J connectivity index is -0.000000164. The average Bonchev–Trinajstić information content (AvgIpc) is 0.953. The molecule has 0 unspecified atom stereocenters. The molecule has 0 bridgehead atoms. The van der Waals surface area contributed by atoms with Crippen LogP contribution in [0.2, 0.25) is 0 Å². The van der Waals surface area contributed by atoms with Crippen LogP contribution in [0.15, 0.2) is 0 Å². The highest BCUT2D eigenvalue weighted by atomic mass is 79.9. The molecule has 15 heteroatoms. The summed E-state index contributed by atoms with van der Waals surface area (Å²) >= 11 is 6.74. The average molecular weight is 1820 g/mol. The van der Waals surface area contributed by atoms with Gasteiger partial charge in [0.1, 0.15) is 18.4 Å². The smallest absolute Gasteiger partial charge is 0.248 e. The number of unbranched alkanes of at least 4 members (excludes halogenated alkanes) is 56. The molecular formula is C102H208Br2F6O7. The molecule has 714 valence electrons. The van der Waals surface area contributed by atoms with E-state index in [4.69, 9.17) is 15.3 Å². The summed E-state index contributed by atoms with van der Waals surface area (Å²) in [5, 5.41) is 36.5. The Morgan fingerprint density at radius 1 is 0.256 bits per heavy atom. The van der Waals surface area contributed by atoms with Gasteiger partial charge in [-0.3, -0.25) is 4.79 Å². The van der Waals surface area contributed by atoms with Crippen LogP contribution in [0.3, 0.4) is 0 Å². The third kappa shape index (κ3) is 156. The van der Waals surface area contributed by atoms with E-state index in [2.05, 4.69) is 101 Å². The van der Waals surface area contributed by atoms with Crippen LogP contribution >= 0.6 is 31.9 Å². The lowest BCUT2D eigenvalue weighted by molar-refractivity contribution is -0.119. The highest BCUT2D eigenvalue weighted by molar-refractivity contribution is 9.09. The molecule has 0 amide bonds. The number of hydrogen-bond acceptors (Lipinski definition) is 7. The molecule has 0 aliphatic rings. The van der Waals surface area contributed by atoms with Crippen LogP contribution < -0.4 is 0 Å². The number of carbonyl (C=O) groups is 3. The number of hydrogen-bond donors (Lipinski definition) is 4. The maximum absolute atomic E-state index is 13.4. The fourth-order valence-electron chi connectivity index (χ4n) is 13.2. The number of rotatable bonds is 82. The summed E-state index contributed by atoms with van der Waals surface area (Å²) in [6, 6.07) is 0. The Labute approximate surface area is 744 Å². The first kappa shape index (κ1) is 134. The van der Waals surface area contributed by atoms with E-state index in [0.717, 1.165) is 121 Å². The summed E-state index contributed by atoms with van der Waals surface area (Å²) in [5.41, 5.74) is 0. The molecule has 0 radical (unpaired) electrons. The molecule has 0 rings (SSSR count). The molecule has 0 aliphatic heterocycles. The number of carbonyl (C=O) groups excluding carboxylic acids is 3. The van der Waals surface area contributed by atoms with Gasteiger partial charge < -0.3 is 30.0 Å². The summed E-state index contributed by atoms with van der Waals surface area (Å²) in [6.45, 7) is 24.3. The molecule has 0 aromatic rings. The lowest BCUT2D eigenvalue weighted by atomic mass is 10.0. The van der Waals surface area contributed by atoms with Gasteiger partial charge in [-0.1, -0.05) is 448 Å². The monoisotopic (exact) mass is 1820 g/mol. The van der Waals surface area contributed by atoms with E-state index in [1.54, 1.807) is 6.92 Å². The maximum Gasteiger partial charge on any atom is 0.248 e. The van der Waals surface area contributed by atoms with Crippen molar-refractivity contribution in [1.82, 2.24) is 0 Å². The van der Waals surface area contributed by atoms with Crippen LogP contribution in [0.1, 0.15) is 583 Å². The van der Waals surface area contributed by atoms with Gasteiger partial charge in [-0.15, -0.1) is 0 Å². The van der Waals surface area contributed by atoms with Crippen molar-refractivity contribution in [1.29, 1.82) is 0 Å². The van der Waals surface area contributed by atoms with Gasteiger partial charge in [0, 0.05) is 94.7 Å². The minimum absolute atomic E-state index is 0.0143. The van der Waals surface area contributed by atoms with E-state index in [1.807, 2.05) is 0 Å². The van der Waals surface area contributed by atoms with Crippen LogP contribution in [-0.2, 0) is 14.4 Å². The lowest BCUT2D eigenvalue weighted by Crippen LogP contribution is -2.15. The number of aliphatic hydroxyl groups is 4. The second-order valence-electron chi connectivity index (χ2n) is 33.5. The molecule has 0 fully saturated rings. The van der Waals surface area contributed by atoms with E-state index in [0.29, 0.717) is 63.6 Å². The SMILES string of the molecule is CCCCCCCBr.CCCCCCCC(=O)CCCCCCC.CCCCCCCC(O)CCCCCCC.CCCCCCCCCC(F)(F)CCCC=O.CCCCCCCCCC(F)(F)CCCCC.CCCCCCCCCC(F)(F)CCCCO.CCCCCCCCCCCCCC=O.CCO.OCCCCCCBr. The normalized spacial score (nSPS) is 11.0. The molecule has 0 atom stereocenters. The van der Waals surface area contributed by atoms with Crippen molar-refractivity contribution >= 4 is 50.2 Å². The summed E-state index contributed by atoms with van der Waals surface area (Å²) in [5.74, 6) is -6.99. The molecule has 0 aromatic heterocycles. The number of alkyl halides is 8. The highest BCUT2D eigenvalue weighted by Gasteiger charge is 2.29. The molecule has 0 heterocycles. The molecule has 0 saturated heterocycles. The zero-order valence-electron chi connectivity index (χ0n) is 80.2. The third-order valence-electron chi connectivity index (χ3n) is 21.0. The van der Waals surface area contributed by atoms with Crippen molar-refractivity contribution in [2.75, 3.05) is 30.5 Å². The first-order chi connectivity index (χ1) is 56.6. The standard InChI is InChI=1S/C15H30F2.C15H32O.C15H30O.C14H28F2O.C14H26F2O.C14H28O.C7H15Br.C6H13BrO.C2H6O/c1-3-5-7-8-9-10-12-14-15(16,17)13-11-6-4-2;2*1-3-5-7-9-11-13-15(16)14-12-10-8-6-4-2;2*1-2-3-4-5-6-7-8-11-14(15,16)12-9-10-13-17;1-2-3-4-5-6-7-8-9-10-11-12-13-14-15;1-2-3-4-5-6-7-8;7-5-3-1-2-4-6-8;1-2-3/h3-14H2,1-2H3;15-16H,3-14H2,1-2H3;3-14H2,1-2H3;17H,2-13H2,1H3;13H,2-12H2,1H3;14H,2-13H2,1H3;2-7H2,1H3;8H,1-6H2;3H,2H2,1H3. The Hall–Kier alpha value is -0.610. The van der Waals surface area contributed by atoms with Crippen LogP contribution in [0.5, 0.6) is 0 Å². The van der Waals surface area contributed by atoms with Crippen LogP contribution in [0, 0.1) is 0 Å². The second kappa shape index (κ2) is 126. The first-order valence-electron chi connectivity index (χ1n) is 50.8. The van der Waals surface area contributed by atoms with Gasteiger partial charge in [0.25, 0.3) is 0 Å². The second-order valence-corrected chi connectivity index (χ2v) is 35.1. The van der Waals surface area contributed by atoms with E-state index in [-0.39, 0.29) is 64.3 Å². The van der Waals surface area contributed by atoms with Gasteiger partial charge >= 0.3 is 0 Å². The predicted octanol–water partition coefficient (Wildman–Crippen LogP) is 36.9. The molecular weight excluding hydrogens is 1610 g/mol. The van der Waals surface area contributed by atoms with Crippen molar-refractivity contribution in [2.45, 2.75) is 607 Å². The highest BCUT2D eigenvalue weighted by Crippen LogP contribution is 2.31. The van der Waals surface area contributed by atoms with Crippen molar-refractivity contribution < 1.29 is 61.2 Å². The number of halogens is 8. The molecule has 7 nitrogen and oxygen atoms in total. The van der Waals surface area contributed by atoms with Crippen molar-refractivity contribution in [3.8, 4) is 0 Å². The largest absolute Gasteiger partial charge is 0.397 e. The van der Waals surface area contributed by atoms with Crippen molar-refractivity contribution in [3.05, 3.63) is 0 Å². The number of Topliss-reactive ketones (excluding diaryl/α,β-unsaturated/α-hetero) is 1. The zero-order chi connectivity index (χ0) is 89.5. The summed E-state index contributed by atoms with van der Waals surface area (Å²) in [4.78, 5) is 31.6. The molecule has 0 aromatic carbocycles. The summed E-state index contributed by atoms with van der Waals surface area (Å²) in [6.07, 6.45) is 85.2. The fraction of sp³-hybridized carbons (Fsp3) is 0.971. The topological polar surface area (TPSA) is 132 Å². The van der Waals surface area contributed by atoms with Crippen LogP contribution in [-0.4, -0.2) is 93.1 Å². The van der Waals surface area contributed by atoms with E-state index in [9.17, 15) is 45.8 Å². The van der Waals surface area contributed by atoms with Crippen LogP contribution in [0.4, 0.5) is 26.3 Å². The van der Waals surface area contributed by atoms with Gasteiger partial charge in [0.15, 0.2) is 0 Å². The van der Waals surface area contributed by atoms with Crippen molar-refractivity contribution in [3.63, 3.8) is 0 Å². The van der Waals surface area contributed by atoms with Crippen LogP contribution in [0.25, 0.3) is 0 Å². The number of aldehydes is 2. The van der Waals surface area contributed by atoms with E-state index < -0.39 is 17.8 Å². The van der Waals surface area contributed by atoms with Gasteiger partial charge in [-0.05, 0) is 103 Å². The van der Waals surface area contributed by atoms with Crippen molar-refractivity contribution in [2.24, 2.45) is 0 Å². The summed E-state index contributed by atoms with van der Waals surface area (Å²) < 4.78 is 79.9. The van der Waals surface area contributed by atoms with E-state index in [1.165, 1.54) is 314 Å². The van der Waals surface area contributed by atoms with Gasteiger partial charge in [-0.25, -0.2) is 26.3 Å². The number of ketones is 1. The molecule has 117 heavy (non-hydrogen) atoms. The number of aliphatic hydroxyl groups excluding tert-OH is 4. The molecule has 4 N–H and O–H groups in total. The molecule has 0 spiro atoms.